The molecule has 2 nitrogen and oxygen atoms in total. The number of hydrogen-bond acceptors (Lipinski definition) is 1. The van der Waals surface area contributed by atoms with E-state index in [0.29, 0.717) is 12.5 Å². The van der Waals surface area contributed by atoms with E-state index in [9.17, 15) is 4.79 Å². The van der Waals surface area contributed by atoms with Gasteiger partial charge in [0.25, 0.3) is 0 Å². The molecule has 0 aromatic carbocycles. The van der Waals surface area contributed by atoms with Crippen molar-refractivity contribution < 1.29 is 4.79 Å². The fourth-order valence-corrected chi connectivity index (χ4v) is 2.16. The molecule has 0 bridgehead atoms. The Hall–Kier alpha value is -0.0500. The van der Waals surface area contributed by atoms with Gasteiger partial charge in [-0.3, -0.25) is 4.79 Å². The first-order chi connectivity index (χ1) is 7.20. The number of alkyl halides is 1. The summed E-state index contributed by atoms with van der Waals surface area (Å²) in [6.07, 6.45) is 7.73. The van der Waals surface area contributed by atoms with Gasteiger partial charge in [0.05, 0.1) is 0 Å². The van der Waals surface area contributed by atoms with Gasteiger partial charge in [0.15, 0.2) is 0 Å². The maximum atomic E-state index is 11.4. The van der Waals surface area contributed by atoms with Crippen LogP contribution in [0.2, 0.25) is 0 Å². The molecule has 90 valence electrons. The zero-order chi connectivity index (χ0) is 11.5. The summed E-state index contributed by atoms with van der Waals surface area (Å²) < 4.78 is 0. The van der Waals surface area contributed by atoms with Crippen LogP contribution in [0.25, 0.3) is 0 Å². The highest BCUT2D eigenvalue weighted by Gasteiger charge is 2.05. The lowest BCUT2D eigenvalue weighted by atomic mass is 10.1. The van der Waals surface area contributed by atoms with Crippen LogP contribution in [-0.2, 0) is 4.79 Å². The average molecular weight is 278 g/mol. The highest BCUT2D eigenvalue weighted by molar-refractivity contribution is 9.09. The first kappa shape index (κ1) is 14.9. The summed E-state index contributed by atoms with van der Waals surface area (Å²) in [7, 11) is 0. The number of halogens is 1. The maximum Gasteiger partial charge on any atom is 0.220 e. The van der Waals surface area contributed by atoms with Crippen LogP contribution in [0.3, 0.4) is 0 Å². The van der Waals surface area contributed by atoms with Gasteiger partial charge in [-0.1, -0.05) is 48.5 Å². The van der Waals surface area contributed by atoms with Gasteiger partial charge in [0.1, 0.15) is 0 Å². The number of unbranched alkanes of at least 4 members (excludes halogenated alkanes) is 4. The summed E-state index contributed by atoms with van der Waals surface area (Å²) in [5.74, 6) is 0.208. The van der Waals surface area contributed by atoms with Crippen LogP contribution >= 0.6 is 15.9 Å². The molecule has 0 saturated carbocycles. The van der Waals surface area contributed by atoms with Crippen molar-refractivity contribution in [2.75, 3.05) is 5.33 Å². The van der Waals surface area contributed by atoms with Crippen LogP contribution in [0, 0.1) is 0 Å². The van der Waals surface area contributed by atoms with Crippen LogP contribution in [0.1, 0.15) is 58.8 Å². The van der Waals surface area contributed by atoms with Gasteiger partial charge in [0, 0.05) is 17.8 Å². The van der Waals surface area contributed by atoms with Crippen LogP contribution in [-0.4, -0.2) is 17.3 Å². The van der Waals surface area contributed by atoms with Crippen LogP contribution in [0.5, 0.6) is 0 Å². The molecule has 0 heterocycles. The van der Waals surface area contributed by atoms with Crippen molar-refractivity contribution in [1.29, 1.82) is 0 Å². The van der Waals surface area contributed by atoms with Crippen molar-refractivity contribution in [3.63, 3.8) is 0 Å². The Morgan fingerprint density at radius 3 is 2.53 bits per heavy atom. The quantitative estimate of drug-likeness (QED) is 0.506. The number of amides is 1. The van der Waals surface area contributed by atoms with Gasteiger partial charge in [0.2, 0.25) is 5.91 Å². The molecule has 0 rings (SSSR count). The molecule has 0 aromatic rings. The predicted octanol–water partition coefficient (Wildman–Crippen LogP) is 3.64. The fraction of sp³-hybridized carbons (Fsp3) is 0.917. The van der Waals surface area contributed by atoms with E-state index in [4.69, 9.17) is 0 Å². The number of carbonyl (C=O) groups is 1. The second kappa shape index (κ2) is 10.5. The van der Waals surface area contributed by atoms with Gasteiger partial charge in [-0.2, -0.15) is 0 Å². The minimum absolute atomic E-state index is 0.208. The van der Waals surface area contributed by atoms with E-state index in [-0.39, 0.29) is 5.91 Å². The third-order valence-electron chi connectivity index (χ3n) is 2.46. The van der Waals surface area contributed by atoms with Gasteiger partial charge >= 0.3 is 0 Å². The molecule has 1 atom stereocenters. The molecule has 0 saturated heterocycles. The molecular weight excluding hydrogens is 254 g/mol. The molecule has 0 fully saturated rings. The second-order valence-corrected chi connectivity index (χ2v) is 4.90. The summed E-state index contributed by atoms with van der Waals surface area (Å²) in [4.78, 5) is 11.4. The molecule has 0 aliphatic carbocycles. The van der Waals surface area contributed by atoms with Gasteiger partial charge in [-0.05, 0) is 19.8 Å². The fourth-order valence-electron chi connectivity index (χ4n) is 1.47. The lowest BCUT2D eigenvalue weighted by molar-refractivity contribution is -0.121. The van der Waals surface area contributed by atoms with E-state index in [2.05, 4.69) is 35.1 Å². The normalized spacial score (nSPS) is 12.5. The first-order valence-electron chi connectivity index (χ1n) is 6.06. The highest BCUT2D eigenvalue weighted by atomic mass is 79.9. The SMILES string of the molecule is CCCCCCCC(=O)NC(C)CCBr. The van der Waals surface area contributed by atoms with Crippen molar-refractivity contribution in [3.8, 4) is 0 Å². The lowest BCUT2D eigenvalue weighted by Gasteiger charge is -2.11. The number of nitrogens with one attached hydrogen (secondary N) is 1. The Morgan fingerprint density at radius 2 is 1.93 bits per heavy atom. The Balaban J connectivity index is 3.32. The Kier molecular flexibility index (Phi) is 10.4. The zero-order valence-electron chi connectivity index (χ0n) is 10.0. The predicted molar refractivity (Wildman–Crippen MR) is 69.4 cm³/mol. The number of rotatable bonds is 9. The average Bonchev–Trinajstić information content (AvgIpc) is 2.17. The van der Waals surface area contributed by atoms with Gasteiger partial charge in [-0.25, -0.2) is 0 Å². The third kappa shape index (κ3) is 10.2. The standard InChI is InChI=1S/C12H24BrNO/c1-3-4-5-6-7-8-12(15)14-11(2)9-10-13/h11H,3-10H2,1-2H3,(H,14,15). The molecule has 1 amide bonds. The van der Waals surface area contributed by atoms with E-state index >= 15 is 0 Å². The minimum atomic E-state index is 0.208. The molecular formula is C12H24BrNO. The lowest BCUT2D eigenvalue weighted by Crippen LogP contribution is -2.32. The third-order valence-corrected chi connectivity index (χ3v) is 2.91. The van der Waals surface area contributed by atoms with Gasteiger partial charge in [-0.15, -0.1) is 0 Å². The van der Waals surface area contributed by atoms with E-state index < -0.39 is 0 Å². The highest BCUT2D eigenvalue weighted by Crippen LogP contribution is 2.05. The van der Waals surface area contributed by atoms with Crippen LogP contribution in [0.4, 0.5) is 0 Å². The smallest absolute Gasteiger partial charge is 0.220 e. The van der Waals surface area contributed by atoms with Crippen molar-refractivity contribution in [2.45, 2.75) is 64.8 Å². The Labute approximate surface area is 102 Å². The largest absolute Gasteiger partial charge is 0.354 e. The van der Waals surface area contributed by atoms with Crippen molar-refractivity contribution in [1.82, 2.24) is 5.32 Å². The summed E-state index contributed by atoms with van der Waals surface area (Å²) in [5, 5.41) is 3.95. The summed E-state index contributed by atoms with van der Waals surface area (Å²) in [6.45, 7) is 4.25. The van der Waals surface area contributed by atoms with Crippen LogP contribution < -0.4 is 5.32 Å². The number of carbonyl (C=O) groups excluding carboxylic acids is 1. The van der Waals surface area contributed by atoms with Crippen LogP contribution in [0.15, 0.2) is 0 Å². The number of hydrogen-bond donors (Lipinski definition) is 1. The maximum absolute atomic E-state index is 11.4. The Bertz CT molecular complexity index is 162. The molecule has 15 heavy (non-hydrogen) atoms. The molecule has 0 radical (unpaired) electrons. The molecule has 1 N–H and O–H groups in total. The van der Waals surface area contributed by atoms with E-state index in [1.165, 1.54) is 25.7 Å². The topological polar surface area (TPSA) is 29.1 Å². The van der Waals surface area contributed by atoms with E-state index in [1.807, 2.05) is 0 Å². The zero-order valence-corrected chi connectivity index (χ0v) is 11.6. The van der Waals surface area contributed by atoms with E-state index in [1.54, 1.807) is 0 Å². The summed E-state index contributed by atoms with van der Waals surface area (Å²) >= 11 is 3.37. The monoisotopic (exact) mass is 277 g/mol. The second-order valence-electron chi connectivity index (χ2n) is 4.11. The first-order valence-corrected chi connectivity index (χ1v) is 7.18. The summed E-state index contributed by atoms with van der Waals surface area (Å²) in [5.41, 5.74) is 0. The Morgan fingerprint density at radius 1 is 1.27 bits per heavy atom. The van der Waals surface area contributed by atoms with Crippen molar-refractivity contribution in [2.24, 2.45) is 0 Å². The molecule has 0 aliphatic rings. The van der Waals surface area contributed by atoms with Crippen molar-refractivity contribution in [3.05, 3.63) is 0 Å². The molecule has 0 spiro atoms. The minimum Gasteiger partial charge on any atom is -0.354 e. The van der Waals surface area contributed by atoms with Gasteiger partial charge < -0.3 is 5.32 Å². The molecule has 1 unspecified atom stereocenters. The summed E-state index contributed by atoms with van der Waals surface area (Å²) in [6, 6.07) is 0.299. The molecule has 0 aliphatic heterocycles. The van der Waals surface area contributed by atoms with Crippen molar-refractivity contribution >= 4 is 21.8 Å². The molecule has 3 heteroatoms. The molecule has 0 aromatic heterocycles. The van der Waals surface area contributed by atoms with E-state index in [0.717, 1.165) is 18.2 Å².